The number of hydrogen-bond acceptors (Lipinski definition) is 1. The third kappa shape index (κ3) is 1.79. The molecule has 1 saturated carbocycles. The van der Waals surface area contributed by atoms with Crippen molar-refractivity contribution in [3.8, 4) is 0 Å². The highest BCUT2D eigenvalue weighted by atomic mass is 16.4. The highest BCUT2D eigenvalue weighted by molar-refractivity contribution is 5.68. The second kappa shape index (κ2) is 3.46. The molecule has 0 aromatic carbocycles. The Morgan fingerprint density at radius 1 is 1.42 bits per heavy atom. The van der Waals surface area contributed by atoms with Crippen LogP contribution in [0.15, 0.2) is 0 Å². The summed E-state index contributed by atoms with van der Waals surface area (Å²) in [5, 5.41) is 8.73. The zero-order valence-corrected chi connectivity index (χ0v) is 7.97. The van der Waals surface area contributed by atoms with Crippen LogP contribution in [0, 0.1) is 11.3 Å². The first kappa shape index (κ1) is 9.56. The molecule has 0 aromatic heterocycles. The van der Waals surface area contributed by atoms with E-state index in [-0.39, 0.29) is 5.41 Å². The van der Waals surface area contributed by atoms with Crippen molar-refractivity contribution in [3.05, 3.63) is 0 Å². The van der Waals surface area contributed by atoms with Crippen LogP contribution in [-0.2, 0) is 4.79 Å². The van der Waals surface area contributed by atoms with Crippen LogP contribution in [0.2, 0.25) is 0 Å². The van der Waals surface area contributed by atoms with E-state index in [0.717, 1.165) is 25.7 Å². The SMILES string of the molecule is CCC(CC)C1(CC(=O)O)CC1. The molecule has 0 spiro atoms. The molecule has 0 radical (unpaired) electrons. The van der Waals surface area contributed by atoms with Gasteiger partial charge in [-0.15, -0.1) is 0 Å². The molecular formula is C10H18O2. The smallest absolute Gasteiger partial charge is 0.303 e. The molecule has 0 unspecified atom stereocenters. The van der Waals surface area contributed by atoms with Crippen LogP contribution in [0.5, 0.6) is 0 Å². The lowest BCUT2D eigenvalue weighted by Crippen LogP contribution is -2.18. The maximum atomic E-state index is 10.6. The monoisotopic (exact) mass is 170 g/mol. The molecular weight excluding hydrogens is 152 g/mol. The van der Waals surface area contributed by atoms with Crippen LogP contribution in [0.1, 0.15) is 46.0 Å². The minimum atomic E-state index is -0.626. The molecule has 0 bridgehead atoms. The lowest BCUT2D eigenvalue weighted by atomic mass is 9.82. The van der Waals surface area contributed by atoms with Crippen LogP contribution in [0.3, 0.4) is 0 Å². The van der Waals surface area contributed by atoms with Crippen LogP contribution >= 0.6 is 0 Å². The Hall–Kier alpha value is -0.530. The van der Waals surface area contributed by atoms with Crippen molar-refractivity contribution in [2.75, 3.05) is 0 Å². The normalized spacial score (nSPS) is 19.6. The van der Waals surface area contributed by atoms with E-state index in [1.165, 1.54) is 0 Å². The summed E-state index contributed by atoms with van der Waals surface area (Å²) >= 11 is 0. The van der Waals surface area contributed by atoms with E-state index in [1.54, 1.807) is 0 Å². The summed E-state index contributed by atoms with van der Waals surface area (Å²) in [5.41, 5.74) is 0.190. The molecule has 70 valence electrons. The number of rotatable bonds is 5. The molecule has 0 aliphatic heterocycles. The number of aliphatic carboxylic acids is 1. The maximum Gasteiger partial charge on any atom is 0.303 e. The molecule has 0 amide bonds. The molecule has 1 fully saturated rings. The van der Waals surface area contributed by atoms with Gasteiger partial charge in [0.2, 0.25) is 0 Å². The van der Waals surface area contributed by atoms with E-state index in [2.05, 4.69) is 13.8 Å². The van der Waals surface area contributed by atoms with Gasteiger partial charge in [0.15, 0.2) is 0 Å². The van der Waals surface area contributed by atoms with Crippen LogP contribution in [0.4, 0.5) is 0 Å². The Labute approximate surface area is 74.0 Å². The summed E-state index contributed by atoms with van der Waals surface area (Å²) in [6, 6.07) is 0. The lowest BCUT2D eigenvalue weighted by molar-refractivity contribution is -0.139. The molecule has 2 nitrogen and oxygen atoms in total. The summed E-state index contributed by atoms with van der Waals surface area (Å²) < 4.78 is 0. The largest absolute Gasteiger partial charge is 0.481 e. The Balaban J connectivity index is 2.52. The number of carboxylic acid groups (broad SMARTS) is 1. The third-order valence-electron chi connectivity index (χ3n) is 3.25. The van der Waals surface area contributed by atoms with Gasteiger partial charge in [0.25, 0.3) is 0 Å². The average molecular weight is 170 g/mol. The van der Waals surface area contributed by atoms with Gasteiger partial charge in [-0.2, -0.15) is 0 Å². The summed E-state index contributed by atoms with van der Waals surface area (Å²) in [6.45, 7) is 4.33. The zero-order valence-electron chi connectivity index (χ0n) is 7.97. The van der Waals surface area contributed by atoms with Crippen LogP contribution in [-0.4, -0.2) is 11.1 Å². The first-order valence-electron chi connectivity index (χ1n) is 4.86. The van der Waals surface area contributed by atoms with Gasteiger partial charge in [0, 0.05) is 0 Å². The van der Waals surface area contributed by atoms with Crippen molar-refractivity contribution in [2.45, 2.75) is 46.0 Å². The van der Waals surface area contributed by atoms with Gasteiger partial charge in [0.1, 0.15) is 0 Å². The average Bonchev–Trinajstić information content (AvgIpc) is 2.70. The van der Waals surface area contributed by atoms with Gasteiger partial charge in [-0.25, -0.2) is 0 Å². The molecule has 0 saturated heterocycles. The van der Waals surface area contributed by atoms with Crippen molar-refractivity contribution >= 4 is 5.97 Å². The van der Waals surface area contributed by atoms with Gasteiger partial charge in [-0.1, -0.05) is 26.7 Å². The van der Waals surface area contributed by atoms with Crippen molar-refractivity contribution in [3.63, 3.8) is 0 Å². The van der Waals surface area contributed by atoms with Crippen molar-refractivity contribution in [1.82, 2.24) is 0 Å². The Morgan fingerprint density at radius 3 is 2.17 bits per heavy atom. The lowest BCUT2D eigenvalue weighted by Gasteiger charge is -2.22. The molecule has 1 aliphatic rings. The van der Waals surface area contributed by atoms with Gasteiger partial charge in [-0.3, -0.25) is 4.79 Å². The van der Waals surface area contributed by atoms with Crippen molar-refractivity contribution in [1.29, 1.82) is 0 Å². The number of hydrogen-bond donors (Lipinski definition) is 1. The summed E-state index contributed by atoms with van der Waals surface area (Å²) in [5.74, 6) is 0.00741. The topological polar surface area (TPSA) is 37.3 Å². The minimum absolute atomic E-state index is 0.190. The van der Waals surface area contributed by atoms with Crippen molar-refractivity contribution in [2.24, 2.45) is 11.3 Å². The van der Waals surface area contributed by atoms with Gasteiger partial charge in [-0.05, 0) is 24.2 Å². The highest BCUT2D eigenvalue weighted by Gasteiger charge is 2.48. The zero-order chi connectivity index (χ0) is 9.19. The van der Waals surface area contributed by atoms with Gasteiger partial charge < -0.3 is 5.11 Å². The molecule has 1 N–H and O–H groups in total. The van der Waals surface area contributed by atoms with E-state index in [0.29, 0.717) is 12.3 Å². The number of carbonyl (C=O) groups is 1. The van der Waals surface area contributed by atoms with Crippen molar-refractivity contribution < 1.29 is 9.90 Å². The summed E-state index contributed by atoms with van der Waals surface area (Å²) in [4.78, 5) is 10.6. The quantitative estimate of drug-likeness (QED) is 0.688. The summed E-state index contributed by atoms with van der Waals surface area (Å²) in [6.07, 6.45) is 4.91. The summed E-state index contributed by atoms with van der Waals surface area (Å²) in [7, 11) is 0. The predicted molar refractivity (Wildman–Crippen MR) is 48.0 cm³/mol. The Morgan fingerprint density at radius 2 is 1.92 bits per heavy atom. The second-order valence-electron chi connectivity index (χ2n) is 3.95. The highest BCUT2D eigenvalue weighted by Crippen LogP contribution is 2.56. The first-order valence-corrected chi connectivity index (χ1v) is 4.86. The fourth-order valence-corrected chi connectivity index (χ4v) is 2.35. The molecule has 12 heavy (non-hydrogen) atoms. The molecule has 1 aliphatic carbocycles. The second-order valence-corrected chi connectivity index (χ2v) is 3.95. The molecule has 0 atom stereocenters. The first-order chi connectivity index (χ1) is 5.64. The van der Waals surface area contributed by atoms with Crippen LogP contribution < -0.4 is 0 Å². The fraction of sp³-hybridized carbons (Fsp3) is 0.900. The standard InChI is InChI=1S/C10H18O2/c1-3-8(4-2)10(5-6-10)7-9(11)12/h8H,3-7H2,1-2H3,(H,11,12). The van der Waals surface area contributed by atoms with E-state index >= 15 is 0 Å². The van der Waals surface area contributed by atoms with E-state index in [9.17, 15) is 4.79 Å². The molecule has 1 rings (SSSR count). The number of carboxylic acids is 1. The van der Waals surface area contributed by atoms with Gasteiger partial charge in [0.05, 0.1) is 6.42 Å². The van der Waals surface area contributed by atoms with E-state index in [4.69, 9.17) is 5.11 Å². The minimum Gasteiger partial charge on any atom is -0.481 e. The predicted octanol–water partition coefficient (Wildman–Crippen LogP) is 2.68. The third-order valence-corrected chi connectivity index (χ3v) is 3.25. The fourth-order valence-electron chi connectivity index (χ4n) is 2.35. The van der Waals surface area contributed by atoms with Crippen LogP contribution in [0.25, 0.3) is 0 Å². The Kier molecular flexibility index (Phi) is 2.76. The molecule has 0 heterocycles. The van der Waals surface area contributed by atoms with E-state index in [1.807, 2.05) is 0 Å². The van der Waals surface area contributed by atoms with E-state index < -0.39 is 5.97 Å². The maximum absolute atomic E-state index is 10.6. The Bertz CT molecular complexity index is 167. The molecule has 0 aromatic rings. The van der Waals surface area contributed by atoms with Gasteiger partial charge >= 0.3 is 5.97 Å². The molecule has 2 heteroatoms.